The highest BCUT2D eigenvalue weighted by atomic mass is 16.3. The van der Waals surface area contributed by atoms with Crippen LogP contribution in [0.25, 0.3) is 0 Å². The third-order valence-electron chi connectivity index (χ3n) is 3.24. The first-order valence-corrected chi connectivity index (χ1v) is 6.71. The molecule has 2 rings (SSSR count). The molecule has 0 bridgehead atoms. The summed E-state index contributed by atoms with van der Waals surface area (Å²) in [7, 11) is 0. The van der Waals surface area contributed by atoms with E-state index in [9.17, 15) is 5.11 Å². The first-order valence-electron chi connectivity index (χ1n) is 6.71. The molecule has 1 aliphatic carbocycles. The molecule has 0 spiro atoms. The predicted octanol–water partition coefficient (Wildman–Crippen LogP) is 1.93. The lowest BCUT2D eigenvalue weighted by molar-refractivity contribution is 0.126. The Kier molecular flexibility index (Phi) is 4.36. The van der Waals surface area contributed by atoms with Crippen molar-refractivity contribution >= 4 is 11.8 Å². The number of nitrogens with one attached hydrogen (secondary N) is 2. The Hall–Kier alpha value is -1.36. The maximum atomic E-state index is 9.49. The first kappa shape index (κ1) is 13.1. The van der Waals surface area contributed by atoms with Gasteiger partial charge in [-0.05, 0) is 39.5 Å². The van der Waals surface area contributed by atoms with Gasteiger partial charge >= 0.3 is 0 Å². The number of nitrogens with zero attached hydrogens (tertiary/aromatic N) is 2. The molecule has 0 amide bonds. The number of aliphatic hydroxyl groups is 1. The van der Waals surface area contributed by atoms with Gasteiger partial charge < -0.3 is 15.7 Å². The monoisotopic (exact) mass is 250 g/mol. The number of hydrogen-bond acceptors (Lipinski definition) is 5. The van der Waals surface area contributed by atoms with Crippen molar-refractivity contribution in [3.8, 4) is 0 Å². The lowest BCUT2D eigenvalue weighted by Crippen LogP contribution is -2.28. The zero-order valence-corrected chi connectivity index (χ0v) is 11.1. The summed E-state index contributed by atoms with van der Waals surface area (Å²) in [6, 6.07) is 2.38. The van der Waals surface area contributed by atoms with Crippen LogP contribution in [0.5, 0.6) is 0 Å². The molecular weight excluding hydrogens is 228 g/mol. The molecule has 1 fully saturated rings. The molecular formula is C13H22N4O. The van der Waals surface area contributed by atoms with E-state index in [4.69, 9.17) is 0 Å². The number of aliphatic hydroxyl groups excluding tert-OH is 1. The fraction of sp³-hybridized carbons (Fsp3) is 0.692. The lowest BCUT2D eigenvalue weighted by atomic mass is 9.93. The van der Waals surface area contributed by atoms with E-state index in [2.05, 4.69) is 20.6 Å². The number of hydrogen-bond donors (Lipinski definition) is 3. The molecule has 1 aromatic heterocycles. The Bertz CT molecular complexity index is 389. The Labute approximate surface area is 108 Å². The highest BCUT2D eigenvalue weighted by Gasteiger charge is 2.19. The fourth-order valence-corrected chi connectivity index (χ4v) is 2.31. The highest BCUT2D eigenvalue weighted by Crippen LogP contribution is 2.22. The summed E-state index contributed by atoms with van der Waals surface area (Å²) >= 11 is 0. The van der Waals surface area contributed by atoms with E-state index in [1.165, 1.54) is 0 Å². The molecule has 0 unspecified atom stereocenters. The van der Waals surface area contributed by atoms with E-state index >= 15 is 0 Å². The Morgan fingerprint density at radius 2 is 2.00 bits per heavy atom. The largest absolute Gasteiger partial charge is 0.393 e. The maximum Gasteiger partial charge on any atom is 0.224 e. The van der Waals surface area contributed by atoms with Crippen LogP contribution in [0.4, 0.5) is 11.8 Å². The van der Waals surface area contributed by atoms with Crippen LogP contribution in [0, 0.1) is 6.92 Å². The van der Waals surface area contributed by atoms with Crippen molar-refractivity contribution in [3.05, 3.63) is 11.8 Å². The predicted molar refractivity (Wildman–Crippen MR) is 72.8 cm³/mol. The van der Waals surface area contributed by atoms with Crippen molar-refractivity contribution in [2.24, 2.45) is 0 Å². The molecule has 1 saturated carbocycles. The average Bonchev–Trinajstić information content (AvgIpc) is 2.32. The minimum atomic E-state index is -0.118. The summed E-state index contributed by atoms with van der Waals surface area (Å²) in [5.74, 6) is 1.55. The SMILES string of the molecule is CCNc1nc(C)cc(NC2CCC(O)CC2)n1. The number of rotatable bonds is 4. The number of aryl methyl sites for hydroxylation is 1. The minimum Gasteiger partial charge on any atom is -0.393 e. The second kappa shape index (κ2) is 6.00. The fourth-order valence-electron chi connectivity index (χ4n) is 2.31. The second-order valence-corrected chi connectivity index (χ2v) is 4.90. The maximum absolute atomic E-state index is 9.49. The van der Waals surface area contributed by atoms with Gasteiger partial charge in [0, 0.05) is 24.3 Å². The van der Waals surface area contributed by atoms with Gasteiger partial charge in [0.2, 0.25) is 5.95 Å². The van der Waals surface area contributed by atoms with Gasteiger partial charge in [-0.15, -0.1) is 0 Å². The van der Waals surface area contributed by atoms with Gasteiger partial charge in [0.1, 0.15) is 5.82 Å². The Morgan fingerprint density at radius 1 is 1.28 bits per heavy atom. The van der Waals surface area contributed by atoms with E-state index in [-0.39, 0.29) is 6.10 Å². The summed E-state index contributed by atoms with van der Waals surface area (Å²) < 4.78 is 0. The molecule has 0 aliphatic heterocycles. The molecule has 100 valence electrons. The highest BCUT2D eigenvalue weighted by molar-refractivity contribution is 5.42. The van der Waals surface area contributed by atoms with Gasteiger partial charge in [-0.3, -0.25) is 0 Å². The summed E-state index contributed by atoms with van der Waals surface area (Å²) in [6.45, 7) is 4.82. The van der Waals surface area contributed by atoms with E-state index in [1.807, 2.05) is 19.9 Å². The number of aromatic nitrogens is 2. The normalized spacial score (nSPS) is 23.7. The van der Waals surface area contributed by atoms with Gasteiger partial charge in [-0.2, -0.15) is 4.98 Å². The van der Waals surface area contributed by atoms with Crippen molar-refractivity contribution < 1.29 is 5.11 Å². The van der Waals surface area contributed by atoms with Crippen molar-refractivity contribution in [1.29, 1.82) is 0 Å². The zero-order valence-electron chi connectivity index (χ0n) is 11.1. The third-order valence-corrected chi connectivity index (χ3v) is 3.24. The van der Waals surface area contributed by atoms with E-state index in [0.717, 1.165) is 43.7 Å². The smallest absolute Gasteiger partial charge is 0.224 e. The van der Waals surface area contributed by atoms with E-state index in [0.29, 0.717) is 12.0 Å². The molecule has 0 atom stereocenters. The summed E-state index contributed by atoms with van der Waals surface area (Å²) in [5, 5.41) is 16.1. The summed E-state index contributed by atoms with van der Waals surface area (Å²) in [6.07, 6.45) is 3.64. The zero-order chi connectivity index (χ0) is 13.0. The topological polar surface area (TPSA) is 70.1 Å². The molecule has 0 saturated heterocycles. The van der Waals surface area contributed by atoms with Gasteiger partial charge in [-0.1, -0.05) is 0 Å². The van der Waals surface area contributed by atoms with Crippen LogP contribution in [0.1, 0.15) is 38.3 Å². The van der Waals surface area contributed by atoms with Crippen LogP contribution in [0.15, 0.2) is 6.07 Å². The van der Waals surface area contributed by atoms with Gasteiger partial charge in [0.05, 0.1) is 6.10 Å². The van der Waals surface area contributed by atoms with Gasteiger partial charge in [-0.25, -0.2) is 4.98 Å². The average molecular weight is 250 g/mol. The number of anilines is 2. The van der Waals surface area contributed by atoms with Crippen LogP contribution < -0.4 is 10.6 Å². The van der Waals surface area contributed by atoms with Crippen LogP contribution in [0.2, 0.25) is 0 Å². The standard InChI is InChI=1S/C13H22N4O/c1-3-14-13-15-9(2)8-12(17-13)16-10-4-6-11(18)7-5-10/h8,10-11,18H,3-7H2,1-2H3,(H2,14,15,16,17). The van der Waals surface area contributed by atoms with E-state index < -0.39 is 0 Å². The lowest BCUT2D eigenvalue weighted by Gasteiger charge is -2.26. The van der Waals surface area contributed by atoms with Crippen LogP contribution >= 0.6 is 0 Å². The van der Waals surface area contributed by atoms with Crippen LogP contribution in [-0.2, 0) is 0 Å². The van der Waals surface area contributed by atoms with Crippen LogP contribution in [0.3, 0.4) is 0 Å². The quantitative estimate of drug-likeness (QED) is 0.761. The van der Waals surface area contributed by atoms with Gasteiger partial charge in [0.25, 0.3) is 0 Å². The van der Waals surface area contributed by atoms with Crippen molar-refractivity contribution in [2.75, 3.05) is 17.2 Å². The molecule has 0 aromatic carbocycles. The first-order chi connectivity index (χ1) is 8.67. The molecule has 1 aromatic rings. The molecule has 1 heterocycles. The second-order valence-electron chi connectivity index (χ2n) is 4.90. The Morgan fingerprint density at radius 3 is 2.67 bits per heavy atom. The molecule has 5 nitrogen and oxygen atoms in total. The van der Waals surface area contributed by atoms with E-state index in [1.54, 1.807) is 0 Å². The van der Waals surface area contributed by atoms with Crippen molar-refractivity contribution in [2.45, 2.75) is 51.7 Å². The van der Waals surface area contributed by atoms with Crippen molar-refractivity contribution in [1.82, 2.24) is 9.97 Å². The third kappa shape index (κ3) is 3.57. The molecule has 0 radical (unpaired) electrons. The van der Waals surface area contributed by atoms with Gasteiger partial charge in [0.15, 0.2) is 0 Å². The molecule has 5 heteroatoms. The summed E-state index contributed by atoms with van der Waals surface area (Å²) in [4.78, 5) is 8.77. The minimum absolute atomic E-state index is 0.118. The van der Waals surface area contributed by atoms with Crippen molar-refractivity contribution in [3.63, 3.8) is 0 Å². The summed E-state index contributed by atoms with van der Waals surface area (Å²) in [5.41, 5.74) is 0.958. The molecule has 1 aliphatic rings. The molecule has 3 N–H and O–H groups in total. The van der Waals surface area contributed by atoms with Crippen LogP contribution in [-0.4, -0.2) is 33.8 Å². The Balaban J connectivity index is 2.00. The molecule has 18 heavy (non-hydrogen) atoms.